The molecule has 0 aromatic heterocycles. The normalized spacial score (nSPS) is 11.5. The van der Waals surface area contributed by atoms with E-state index in [-0.39, 0.29) is 18.4 Å². The predicted octanol–water partition coefficient (Wildman–Crippen LogP) is 1.02. The predicted molar refractivity (Wildman–Crippen MR) is 94.8 cm³/mol. The SMILES string of the molecule is COc1ccc(CNC(=O)COC(=O)[C@@H](NC(C)=O)C(C)C)cc1OC. The molecule has 0 bridgehead atoms. The third kappa shape index (κ3) is 6.62. The molecule has 144 valence electrons. The summed E-state index contributed by atoms with van der Waals surface area (Å²) in [6.45, 7) is 4.70. The first-order chi connectivity index (χ1) is 12.3. The van der Waals surface area contributed by atoms with E-state index >= 15 is 0 Å². The zero-order valence-corrected chi connectivity index (χ0v) is 15.8. The molecular weight excluding hydrogens is 340 g/mol. The fourth-order valence-electron chi connectivity index (χ4n) is 2.19. The number of hydrogen-bond acceptors (Lipinski definition) is 6. The largest absolute Gasteiger partial charge is 0.493 e. The molecule has 1 aromatic carbocycles. The quantitative estimate of drug-likeness (QED) is 0.633. The van der Waals surface area contributed by atoms with Crippen molar-refractivity contribution in [1.29, 1.82) is 0 Å². The van der Waals surface area contributed by atoms with Crippen molar-refractivity contribution < 1.29 is 28.6 Å². The van der Waals surface area contributed by atoms with E-state index in [0.717, 1.165) is 5.56 Å². The van der Waals surface area contributed by atoms with E-state index < -0.39 is 24.5 Å². The van der Waals surface area contributed by atoms with Gasteiger partial charge in [0.05, 0.1) is 14.2 Å². The van der Waals surface area contributed by atoms with Crippen molar-refractivity contribution >= 4 is 17.8 Å². The van der Waals surface area contributed by atoms with E-state index in [1.807, 2.05) is 0 Å². The molecule has 0 fully saturated rings. The summed E-state index contributed by atoms with van der Waals surface area (Å²) >= 11 is 0. The maximum Gasteiger partial charge on any atom is 0.329 e. The summed E-state index contributed by atoms with van der Waals surface area (Å²) < 4.78 is 15.3. The molecule has 0 radical (unpaired) electrons. The zero-order chi connectivity index (χ0) is 19.7. The molecule has 0 aliphatic rings. The highest BCUT2D eigenvalue weighted by atomic mass is 16.5. The first kappa shape index (κ1) is 21.3. The second-order valence-corrected chi connectivity index (χ2v) is 6.00. The topological polar surface area (TPSA) is 103 Å². The number of carbonyl (C=O) groups is 3. The minimum absolute atomic E-state index is 0.152. The Morgan fingerprint density at radius 1 is 1.08 bits per heavy atom. The van der Waals surface area contributed by atoms with Gasteiger partial charge in [-0.1, -0.05) is 19.9 Å². The highest BCUT2D eigenvalue weighted by molar-refractivity contribution is 5.85. The number of ether oxygens (including phenoxy) is 3. The Hall–Kier alpha value is -2.77. The summed E-state index contributed by atoms with van der Waals surface area (Å²) in [6, 6.07) is 4.49. The molecule has 0 saturated carbocycles. The average molecular weight is 366 g/mol. The van der Waals surface area contributed by atoms with Crippen molar-refractivity contribution in [3.63, 3.8) is 0 Å². The Morgan fingerprint density at radius 2 is 1.73 bits per heavy atom. The van der Waals surface area contributed by atoms with E-state index in [9.17, 15) is 14.4 Å². The van der Waals surface area contributed by atoms with Gasteiger partial charge in [0.1, 0.15) is 6.04 Å². The summed E-state index contributed by atoms with van der Waals surface area (Å²) in [5.41, 5.74) is 0.806. The standard InChI is InChI=1S/C18H26N2O6/c1-11(2)17(20-12(3)21)18(23)26-10-16(22)19-9-13-6-7-14(24-4)15(8-13)25-5/h6-8,11,17H,9-10H2,1-5H3,(H,19,22)(H,20,21)/t17-/m0/s1. The van der Waals surface area contributed by atoms with Gasteiger partial charge in [0.2, 0.25) is 5.91 Å². The molecule has 26 heavy (non-hydrogen) atoms. The van der Waals surface area contributed by atoms with E-state index in [1.54, 1.807) is 39.2 Å². The van der Waals surface area contributed by atoms with Gasteiger partial charge >= 0.3 is 5.97 Å². The smallest absolute Gasteiger partial charge is 0.329 e. The lowest BCUT2D eigenvalue weighted by atomic mass is 10.0. The average Bonchev–Trinajstić information content (AvgIpc) is 2.61. The van der Waals surface area contributed by atoms with Crippen LogP contribution in [-0.4, -0.2) is 44.7 Å². The molecule has 2 amide bonds. The second kappa shape index (κ2) is 10.3. The maximum absolute atomic E-state index is 12.0. The van der Waals surface area contributed by atoms with Gasteiger partial charge in [-0.15, -0.1) is 0 Å². The van der Waals surface area contributed by atoms with Gasteiger partial charge in [0.15, 0.2) is 18.1 Å². The fraction of sp³-hybridized carbons (Fsp3) is 0.500. The van der Waals surface area contributed by atoms with Crippen LogP contribution in [0.2, 0.25) is 0 Å². The Morgan fingerprint density at radius 3 is 2.27 bits per heavy atom. The molecular formula is C18H26N2O6. The minimum Gasteiger partial charge on any atom is -0.493 e. The first-order valence-corrected chi connectivity index (χ1v) is 8.19. The van der Waals surface area contributed by atoms with Gasteiger partial charge in [-0.05, 0) is 23.6 Å². The van der Waals surface area contributed by atoms with Crippen molar-refractivity contribution in [2.75, 3.05) is 20.8 Å². The molecule has 0 spiro atoms. The summed E-state index contributed by atoms with van der Waals surface area (Å²) in [5.74, 6) is -0.426. The van der Waals surface area contributed by atoms with Crippen LogP contribution in [0.3, 0.4) is 0 Å². The van der Waals surface area contributed by atoms with Gasteiger partial charge in [-0.25, -0.2) is 4.79 Å². The number of esters is 1. The summed E-state index contributed by atoms with van der Waals surface area (Å²) in [4.78, 5) is 35.0. The molecule has 0 aliphatic heterocycles. The highest BCUT2D eigenvalue weighted by Gasteiger charge is 2.25. The van der Waals surface area contributed by atoms with Crippen LogP contribution in [0.1, 0.15) is 26.3 Å². The van der Waals surface area contributed by atoms with Crippen LogP contribution >= 0.6 is 0 Å². The molecule has 0 saturated heterocycles. The number of hydrogen-bond donors (Lipinski definition) is 2. The monoisotopic (exact) mass is 366 g/mol. The lowest BCUT2D eigenvalue weighted by Crippen LogP contribution is -2.45. The fourth-order valence-corrected chi connectivity index (χ4v) is 2.19. The third-order valence-corrected chi connectivity index (χ3v) is 3.56. The third-order valence-electron chi connectivity index (χ3n) is 3.56. The molecule has 8 nitrogen and oxygen atoms in total. The highest BCUT2D eigenvalue weighted by Crippen LogP contribution is 2.27. The van der Waals surface area contributed by atoms with E-state index in [1.165, 1.54) is 14.0 Å². The molecule has 0 heterocycles. The first-order valence-electron chi connectivity index (χ1n) is 8.19. The van der Waals surface area contributed by atoms with Crippen LogP contribution in [0.15, 0.2) is 18.2 Å². The van der Waals surface area contributed by atoms with Crippen LogP contribution < -0.4 is 20.1 Å². The van der Waals surface area contributed by atoms with E-state index in [4.69, 9.17) is 14.2 Å². The van der Waals surface area contributed by atoms with Crippen LogP contribution in [0.4, 0.5) is 0 Å². The van der Waals surface area contributed by atoms with E-state index in [0.29, 0.717) is 11.5 Å². The molecule has 0 aliphatic carbocycles. The van der Waals surface area contributed by atoms with Gasteiger partial charge in [0.25, 0.3) is 5.91 Å². The van der Waals surface area contributed by atoms with Crippen LogP contribution in [-0.2, 0) is 25.7 Å². The molecule has 1 rings (SSSR count). The maximum atomic E-state index is 12.0. The molecule has 0 unspecified atom stereocenters. The Kier molecular flexibility index (Phi) is 8.41. The number of carbonyl (C=O) groups excluding carboxylic acids is 3. The Bertz CT molecular complexity index is 645. The lowest BCUT2D eigenvalue weighted by Gasteiger charge is -2.19. The number of methoxy groups -OCH3 is 2. The number of amides is 2. The molecule has 8 heteroatoms. The molecule has 1 atom stereocenters. The van der Waals surface area contributed by atoms with Crippen molar-refractivity contribution in [3.8, 4) is 11.5 Å². The van der Waals surface area contributed by atoms with Gasteiger partial charge in [-0.2, -0.15) is 0 Å². The number of benzene rings is 1. The minimum atomic E-state index is -0.786. The molecule has 2 N–H and O–H groups in total. The summed E-state index contributed by atoms with van der Waals surface area (Å²) in [7, 11) is 3.07. The van der Waals surface area contributed by atoms with Crippen LogP contribution in [0.5, 0.6) is 11.5 Å². The number of rotatable bonds is 9. The van der Waals surface area contributed by atoms with Crippen LogP contribution in [0.25, 0.3) is 0 Å². The van der Waals surface area contributed by atoms with Gasteiger partial charge in [0, 0.05) is 13.5 Å². The Balaban J connectivity index is 2.51. The van der Waals surface area contributed by atoms with Gasteiger partial charge in [-0.3, -0.25) is 9.59 Å². The zero-order valence-electron chi connectivity index (χ0n) is 15.8. The van der Waals surface area contributed by atoms with Crippen molar-refractivity contribution in [2.45, 2.75) is 33.4 Å². The second-order valence-electron chi connectivity index (χ2n) is 6.00. The van der Waals surface area contributed by atoms with Crippen molar-refractivity contribution in [2.24, 2.45) is 5.92 Å². The Labute approximate surface area is 153 Å². The van der Waals surface area contributed by atoms with Gasteiger partial charge < -0.3 is 24.8 Å². The van der Waals surface area contributed by atoms with Crippen molar-refractivity contribution in [3.05, 3.63) is 23.8 Å². The lowest BCUT2D eigenvalue weighted by molar-refractivity contribution is -0.152. The summed E-state index contributed by atoms with van der Waals surface area (Å²) in [6.07, 6.45) is 0. The van der Waals surface area contributed by atoms with Crippen molar-refractivity contribution in [1.82, 2.24) is 10.6 Å². The molecule has 1 aromatic rings. The van der Waals surface area contributed by atoms with Crippen LogP contribution in [0, 0.1) is 5.92 Å². The summed E-state index contributed by atoms with van der Waals surface area (Å²) in [5, 5.41) is 5.17. The number of nitrogens with one attached hydrogen (secondary N) is 2. The van der Waals surface area contributed by atoms with E-state index in [2.05, 4.69) is 10.6 Å².